The van der Waals surface area contributed by atoms with E-state index >= 15 is 0 Å². The molecule has 0 bridgehead atoms. The molecule has 3 aromatic heterocycles. The van der Waals surface area contributed by atoms with Gasteiger partial charge in [-0.2, -0.15) is 9.61 Å². The predicted octanol–water partition coefficient (Wildman–Crippen LogP) is 2.37. The molecule has 0 saturated carbocycles. The van der Waals surface area contributed by atoms with E-state index in [0.29, 0.717) is 49.1 Å². The number of furan rings is 1. The van der Waals surface area contributed by atoms with E-state index in [1.54, 1.807) is 23.1 Å². The van der Waals surface area contributed by atoms with Crippen molar-refractivity contribution < 1.29 is 9.21 Å². The van der Waals surface area contributed by atoms with Crippen LogP contribution in [0.25, 0.3) is 15.5 Å². The maximum absolute atomic E-state index is 12.5. The molecule has 0 aliphatic carbocycles. The zero-order valence-corrected chi connectivity index (χ0v) is 16.9. The van der Waals surface area contributed by atoms with Gasteiger partial charge in [0, 0.05) is 44.4 Å². The van der Waals surface area contributed by atoms with Crippen molar-refractivity contribution in [3.05, 3.63) is 76.6 Å². The van der Waals surface area contributed by atoms with Gasteiger partial charge >= 0.3 is 0 Å². The van der Waals surface area contributed by atoms with Crippen LogP contribution in [0.1, 0.15) is 16.2 Å². The lowest BCUT2D eigenvalue weighted by Gasteiger charge is -2.34. The molecule has 1 fully saturated rings. The molecular weight excluding hydrogens is 402 g/mol. The minimum absolute atomic E-state index is 0.0875. The van der Waals surface area contributed by atoms with Crippen LogP contribution in [0.5, 0.6) is 0 Å². The molecule has 0 spiro atoms. The Balaban J connectivity index is 1.29. The van der Waals surface area contributed by atoms with Crippen molar-refractivity contribution in [1.82, 2.24) is 24.4 Å². The monoisotopic (exact) mass is 421 g/mol. The minimum atomic E-state index is -0.180. The number of amides is 1. The fourth-order valence-corrected chi connectivity index (χ4v) is 4.46. The third-order valence-electron chi connectivity index (χ3n) is 5.10. The van der Waals surface area contributed by atoms with Gasteiger partial charge in [0.1, 0.15) is 5.01 Å². The molecule has 1 saturated heterocycles. The Kier molecular flexibility index (Phi) is 4.89. The van der Waals surface area contributed by atoms with Crippen molar-refractivity contribution in [2.24, 2.45) is 0 Å². The average Bonchev–Trinajstić information content (AvgIpc) is 3.45. The van der Waals surface area contributed by atoms with Crippen molar-refractivity contribution in [1.29, 1.82) is 0 Å². The number of rotatable bonds is 4. The van der Waals surface area contributed by atoms with Gasteiger partial charge < -0.3 is 9.32 Å². The Hall–Kier alpha value is -3.30. The second kappa shape index (κ2) is 7.85. The van der Waals surface area contributed by atoms with E-state index in [-0.39, 0.29) is 11.5 Å². The van der Waals surface area contributed by atoms with Gasteiger partial charge in [0.2, 0.25) is 4.96 Å². The zero-order valence-electron chi connectivity index (χ0n) is 16.1. The largest absolute Gasteiger partial charge is 0.459 e. The summed E-state index contributed by atoms with van der Waals surface area (Å²) in [6, 6.07) is 14.7. The Labute approximate surface area is 176 Å². The summed E-state index contributed by atoms with van der Waals surface area (Å²) < 4.78 is 6.56. The van der Waals surface area contributed by atoms with Gasteiger partial charge in [-0.25, -0.2) is 4.98 Å². The SMILES string of the molecule is O=C(c1ccco1)N1CCN(Cc2cc(=O)n3nc(-c4ccccc4)sc3n2)CC1. The first kappa shape index (κ1) is 18.7. The topological polar surface area (TPSA) is 84.0 Å². The van der Waals surface area contributed by atoms with Crippen LogP contribution < -0.4 is 5.56 Å². The molecule has 0 radical (unpaired) electrons. The van der Waals surface area contributed by atoms with E-state index in [4.69, 9.17) is 4.42 Å². The number of aromatic nitrogens is 3. The Morgan fingerprint density at radius 3 is 2.60 bits per heavy atom. The average molecular weight is 421 g/mol. The van der Waals surface area contributed by atoms with Gasteiger partial charge in [-0.1, -0.05) is 41.7 Å². The van der Waals surface area contributed by atoms with Gasteiger partial charge in [0.15, 0.2) is 5.76 Å². The van der Waals surface area contributed by atoms with Crippen molar-refractivity contribution in [3.63, 3.8) is 0 Å². The quantitative estimate of drug-likeness (QED) is 0.503. The number of hydrogen-bond acceptors (Lipinski definition) is 7. The molecule has 4 aromatic rings. The fourth-order valence-electron chi connectivity index (χ4n) is 3.53. The highest BCUT2D eigenvalue weighted by Crippen LogP contribution is 2.24. The van der Waals surface area contributed by atoms with E-state index in [9.17, 15) is 9.59 Å². The van der Waals surface area contributed by atoms with Crippen molar-refractivity contribution in [2.75, 3.05) is 26.2 Å². The van der Waals surface area contributed by atoms with E-state index in [1.165, 1.54) is 22.1 Å². The van der Waals surface area contributed by atoms with Crippen LogP contribution in [-0.2, 0) is 6.54 Å². The molecule has 8 nitrogen and oxygen atoms in total. The lowest BCUT2D eigenvalue weighted by Crippen LogP contribution is -2.48. The maximum atomic E-state index is 12.5. The van der Waals surface area contributed by atoms with Crippen LogP contribution in [0.3, 0.4) is 0 Å². The van der Waals surface area contributed by atoms with E-state index < -0.39 is 0 Å². The third-order valence-corrected chi connectivity index (χ3v) is 6.05. The molecule has 4 heterocycles. The van der Waals surface area contributed by atoms with Crippen LogP contribution in [0.4, 0.5) is 0 Å². The summed E-state index contributed by atoms with van der Waals surface area (Å²) in [5.74, 6) is 0.276. The van der Waals surface area contributed by atoms with Crippen LogP contribution >= 0.6 is 11.3 Å². The molecule has 0 unspecified atom stereocenters. The Bertz CT molecular complexity index is 1220. The summed E-state index contributed by atoms with van der Waals surface area (Å²) in [7, 11) is 0. The second-order valence-corrected chi connectivity index (χ2v) is 8.05. The highest BCUT2D eigenvalue weighted by molar-refractivity contribution is 7.19. The van der Waals surface area contributed by atoms with Crippen LogP contribution in [-0.4, -0.2) is 56.5 Å². The first-order valence-corrected chi connectivity index (χ1v) is 10.5. The van der Waals surface area contributed by atoms with Gasteiger partial charge in [0.05, 0.1) is 12.0 Å². The first-order valence-electron chi connectivity index (χ1n) is 9.68. The molecular formula is C21H19N5O3S. The highest BCUT2D eigenvalue weighted by Gasteiger charge is 2.24. The lowest BCUT2D eigenvalue weighted by atomic mass is 10.2. The van der Waals surface area contributed by atoms with Gasteiger partial charge in [-0.3, -0.25) is 14.5 Å². The molecule has 9 heteroatoms. The van der Waals surface area contributed by atoms with Crippen molar-refractivity contribution in [2.45, 2.75) is 6.54 Å². The predicted molar refractivity (Wildman–Crippen MR) is 112 cm³/mol. The van der Waals surface area contributed by atoms with Crippen LogP contribution in [0.15, 0.2) is 64.0 Å². The van der Waals surface area contributed by atoms with Gasteiger partial charge in [0.25, 0.3) is 11.5 Å². The summed E-state index contributed by atoms with van der Waals surface area (Å²) in [4.78, 5) is 34.2. The smallest absolute Gasteiger partial charge is 0.289 e. The Morgan fingerprint density at radius 2 is 1.87 bits per heavy atom. The number of carbonyl (C=O) groups is 1. The maximum Gasteiger partial charge on any atom is 0.289 e. The number of hydrogen-bond donors (Lipinski definition) is 0. The Morgan fingerprint density at radius 1 is 1.07 bits per heavy atom. The van der Waals surface area contributed by atoms with Crippen molar-refractivity contribution in [3.8, 4) is 10.6 Å². The molecule has 0 N–H and O–H groups in total. The number of nitrogens with zero attached hydrogens (tertiary/aromatic N) is 5. The standard InChI is InChI=1S/C21H19N5O3S/c27-18-13-16(22-21-26(18)23-19(30-21)15-5-2-1-3-6-15)14-24-8-10-25(11-9-24)20(28)17-7-4-12-29-17/h1-7,12-13H,8-11,14H2. The van der Waals surface area contributed by atoms with Crippen molar-refractivity contribution >= 4 is 22.2 Å². The molecule has 1 aromatic carbocycles. The molecule has 1 aliphatic rings. The summed E-state index contributed by atoms with van der Waals surface area (Å²) in [6.07, 6.45) is 1.51. The molecule has 152 valence electrons. The number of benzene rings is 1. The molecule has 1 aliphatic heterocycles. The molecule has 0 atom stereocenters. The molecule has 5 rings (SSSR count). The number of carbonyl (C=O) groups excluding carboxylic acids is 1. The third kappa shape index (κ3) is 3.64. The summed E-state index contributed by atoms with van der Waals surface area (Å²) in [6.45, 7) is 3.21. The molecule has 30 heavy (non-hydrogen) atoms. The van der Waals surface area contributed by atoms with Gasteiger partial charge in [-0.15, -0.1) is 0 Å². The molecule has 1 amide bonds. The normalized spacial score (nSPS) is 15.0. The summed E-state index contributed by atoms with van der Waals surface area (Å²) in [5, 5.41) is 5.18. The van der Waals surface area contributed by atoms with E-state index in [2.05, 4.69) is 15.0 Å². The number of fused-ring (bicyclic) bond motifs is 1. The summed E-state index contributed by atoms with van der Waals surface area (Å²) >= 11 is 1.40. The lowest BCUT2D eigenvalue weighted by molar-refractivity contribution is 0.0596. The highest BCUT2D eigenvalue weighted by atomic mass is 32.1. The first-order chi connectivity index (χ1) is 14.7. The fraction of sp³-hybridized carbons (Fsp3) is 0.238. The van der Waals surface area contributed by atoms with Crippen LogP contribution in [0, 0.1) is 0 Å². The van der Waals surface area contributed by atoms with E-state index in [0.717, 1.165) is 10.6 Å². The van der Waals surface area contributed by atoms with Gasteiger partial charge in [-0.05, 0) is 12.1 Å². The zero-order chi connectivity index (χ0) is 20.5. The second-order valence-electron chi connectivity index (χ2n) is 7.10. The summed E-state index contributed by atoms with van der Waals surface area (Å²) in [5.41, 5.74) is 1.50. The van der Waals surface area contributed by atoms with Crippen LogP contribution in [0.2, 0.25) is 0 Å². The number of piperazine rings is 1. The van der Waals surface area contributed by atoms with E-state index in [1.807, 2.05) is 30.3 Å². The minimum Gasteiger partial charge on any atom is -0.459 e.